The summed E-state index contributed by atoms with van der Waals surface area (Å²) < 4.78 is 9.65. The number of hydrogen-bond donors (Lipinski definition) is 3. The zero-order chi connectivity index (χ0) is 21.2. The number of methoxy groups -OCH3 is 1. The highest BCUT2D eigenvalue weighted by Gasteiger charge is 2.18. The number of hydrogen-bond acceptors (Lipinski definition) is 6. The number of para-hydroxylation sites is 1. The van der Waals surface area contributed by atoms with E-state index in [9.17, 15) is 14.4 Å². The number of ether oxygens (including phenoxy) is 2. The Balaban J connectivity index is 2.56. The highest BCUT2D eigenvalue weighted by Crippen LogP contribution is 2.16. The average Bonchev–Trinajstić information content (AvgIpc) is 2.59. The Bertz CT molecular complexity index is 716. The first-order valence-corrected chi connectivity index (χ1v) is 9.20. The summed E-state index contributed by atoms with van der Waals surface area (Å²) in [6.45, 7) is 6.09. The van der Waals surface area contributed by atoms with Gasteiger partial charge in [-0.1, -0.05) is 12.1 Å². The van der Waals surface area contributed by atoms with E-state index in [0.717, 1.165) is 0 Å². The molecule has 2 amide bonds. The third-order valence-electron chi connectivity index (χ3n) is 3.27. The second kappa shape index (κ2) is 11.4. The molecule has 8 nitrogen and oxygen atoms in total. The van der Waals surface area contributed by atoms with Crippen LogP contribution in [0.25, 0.3) is 0 Å². The van der Waals surface area contributed by atoms with Crippen LogP contribution in [0.15, 0.2) is 24.3 Å². The van der Waals surface area contributed by atoms with Crippen molar-refractivity contribution in [3.8, 4) is 0 Å². The molecule has 3 N–H and O–H groups in total. The number of carbonyl (C=O) groups excluding carboxylic acids is 3. The maximum atomic E-state index is 12.4. The predicted molar refractivity (Wildman–Crippen MR) is 110 cm³/mol. The first-order chi connectivity index (χ1) is 13.1. The van der Waals surface area contributed by atoms with Crippen LogP contribution in [0.4, 0.5) is 5.69 Å². The average molecular weight is 410 g/mol. The molecule has 0 bridgehead atoms. The molecule has 1 aromatic carbocycles. The Labute approximate surface area is 170 Å². The van der Waals surface area contributed by atoms with Crippen LogP contribution < -0.4 is 16.0 Å². The molecule has 1 aromatic rings. The minimum absolute atomic E-state index is 0.0359. The summed E-state index contributed by atoms with van der Waals surface area (Å²) in [5, 5.41) is 8.24. The van der Waals surface area contributed by atoms with Crippen LogP contribution in [0.5, 0.6) is 0 Å². The van der Waals surface area contributed by atoms with E-state index in [0.29, 0.717) is 17.9 Å². The second-order valence-electron chi connectivity index (χ2n) is 6.97. The minimum atomic E-state index is -0.490. The molecule has 0 heterocycles. The van der Waals surface area contributed by atoms with E-state index in [4.69, 9.17) is 21.7 Å². The standard InChI is InChI=1S/C19H27N3O5S/c1-19(2,3)22-17(25)13-7-5-6-8-14(13)20-18(28)21-15(23)9-10-16(24)27-12-11-26-4/h5-8H,9-12H2,1-4H3,(H,22,25)(H2,20,21,23,28). The van der Waals surface area contributed by atoms with Gasteiger partial charge in [-0.2, -0.15) is 0 Å². The smallest absolute Gasteiger partial charge is 0.306 e. The molecule has 0 radical (unpaired) electrons. The summed E-state index contributed by atoms with van der Waals surface area (Å²) in [4.78, 5) is 35.8. The molecule has 0 saturated carbocycles. The van der Waals surface area contributed by atoms with Crippen LogP contribution >= 0.6 is 12.2 Å². The van der Waals surface area contributed by atoms with Gasteiger partial charge in [0.1, 0.15) is 6.61 Å². The number of rotatable bonds is 8. The van der Waals surface area contributed by atoms with Gasteiger partial charge in [0, 0.05) is 19.1 Å². The van der Waals surface area contributed by atoms with E-state index in [2.05, 4.69) is 16.0 Å². The van der Waals surface area contributed by atoms with Crippen molar-refractivity contribution in [2.45, 2.75) is 39.2 Å². The molecule has 28 heavy (non-hydrogen) atoms. The molecule has 154 valence electrons. The van der Waals surface area contributed by atoms with Gasteiger partial charge in [-0.25, -0.2) is 0 Å². The van der Waals surface area contributed by atoms with Crippen molar-refractivity contribution in [2.24, 2.45) is 0 Å². The summed E-state index contributed by atoms with van der Waals surface area (Å²) in [6, 6.07) is 6.82. The maximum absolute atomic E-state index is 12.4. The van der Waals surface area contributed by atoms with Crippen molar-refractivity contribution in [3.05, 3.63) is 29.8 Å². The lowest BCUT2D eigenvalue weighted by Crippen LogP contribution is -2.41. The number of amides is 2. The van der Waals surface area contributed by atoms with E-state index >= 15 is 0 Å². The summed E-state index contributed by atoms with van der Waals surface area (Å²) in [5.74, 6) is -1.18. The van der Waals surface area contributed by atoms with Crippen LogP contribution in [0.1, 0.15) is 44.0 Å². The van der Waals surface area contributed by atoms with E-state index < -0.39 is 17.4 Å². The molecular weight excluding hydrogens is 382 g/mol. The third-order valence-corrected chi connectivity index (χ3v) is 3.47. The molecule has 9 heteroatoms. The first kappa shape index (κ1) is 23.5. The lowest BCUT2D eigenvalue weighted by atomic mass is 10.1. The summed E-state index contributed by atoms with van der Waals surface area (Å²) >= 11 is 5.13. The molecule has 0 atom stereocenters. The van der Waals surface area contributed by atoms with Crippen LogP contribution in [-0.2, 0) is 19.1 Å². The molecule has 0 unspecified atom stereocenters. The van der Waals surface area contributed by atoms with Crippen molar-refractivity contribution in [3.63, 3.8) is 0 Å². The lowest BCUT2D eigenvalue weighted by molar-refractivity contribution is -0.146. The van der Waals surface area contributed by atoms with Crippen LogP contribution in [0.3, 0.4) is 0 Å². The van der Waals surface area contributed by atoms with Crippen LogP contribution in [0, 0.1) is 0 Å². The van der Waals surface area contributed by atoms with E-state index in [1.54, 1.807) is 24.3 Å². The van der Waals surface area contributed by atoms with E-state index in [1.165, 1.54) is 7.11 Å². The Morgan fingerprint density at radius 3 is 2.39 bits per heavy atom. The van der Waals surface area contributed by atoms with Crippen molar-refractivity contribution >= 4 is 40.8 Å². The fourth-order valence-corrected chi connectivity index (χ4v) is 2.29. The van der Waals surface area contributed by atoms with Gasteiger partial charge < -0.3 is 25.4 Å². The maximum Gasteiger partial charge on any atom is 0.306 e. The number of benzene rings is 1. The topological polar surface area (TPSA) is 106 Å². The third kappa shape index (κ3) is 9.43. The number of esters is 1. The molecule has 0 spiro atoms. The number of thiocarbonyl (C=S) groups is 1. The van der Waals surface area contributed by atoms with Gasteiger partial charge in [0.05, 0.1) is 24.3 Å². The molecule has 0 aliphatic heterocycles. The number of anilines is 1. The van der Waals surface area contributed by atoms with E-state index in [1.807, 2.05) is 20.8 Å². The normalized spacial score (nSPS) is 10.7. The van der Waals surface area contributed by atoms with Crippen molar-refractivity contribution < 1.29 is 23.9 Å². The van der Waals surface area contributed by atoms with Gasteiger partial charge in [0.15, 0.2) is 5.11 Å². The fourth-order valence-electron chi connectivity index (χ4n) is 2.07. The molecular formula is C19H27N3O5S. The Kier molecular flexibility index (Phi) is 9.54. The minimum Gasteiger partial charge on any atom is -0.463 e. The van der Waals surface area contributed by atoms with Gasteiger partial charge >= 0.3 is 5.97 Å². The van der Waals surface area contributed by atoms with Crippen molar-refractivity contribution in [1.82, 2.24) is 10.6 Å². The summed E-state index contributed by atoms with van der Waals surface area (Å²) in [6.07, 6.45) is -0.136. The van der Waals surface area contributed by atoms with Crippen LogP contribution in [0.2, 0.25) is 0 Å². The van der Waals surface area contributed by atoms with Crippen molar-refractivity contribution in [2.75, 3.05) is 25.6 Å². The first-order valence-electron chi connectivity index (χ1n) is 8.79. The fraction of sp³-hybridized carbons (Fsp3) is 0.474. The highest BCUT2D eigenvalue weighted by molar-refractivity contribution is 7.80. The molecule has 0 aromatic heterocycles. The largest absolute Gasteiger partial charge is 0.463 e. The zero-order valence-corrected chi connectivity index (χ0v) is 17.4. The van der Waals surface area contributed by atoms with Crippen LogP contribution in [-0.4, -0.2) is 48.8 Å². The lowest BCUT2D eigenvalue weighted by Gasteiger charge is -2.21. The Morgan fingerprint density at radius 1 is 1.07 bits per heavy atom. The molecule has 0 saturated heterocycles. The summed E-state index contributed by atoms with van der Waals surface area (Å²) in [7, 11) is 1.50. The summed E-state index contributed by atoms with van der Waals surface area (Å²) in [5.41, 5.74) is 0.473. The Hall–Kier alpha value is -2.52. The molecule has 1 rings (SSSR count). The zero-order valence-electron chi connectivity index (χ0n) is 16.6. The van der Waals surface area contributed by atoms with E-state index in [-0.39, 0.29) is 30.5 Å². The molecule has 0 aliphatic rings. The van der Waals surface area contributed by atoms with Gasteiger partial charge in [-0.05, 0) is 45.1 Å². The number of nitrogens with one attached hydrogen (secondary N) is 3. The van der Waals surface area contributed by atoms with Gasteiger partial charge in [-0.3, -0.25) is 14.4 Å². The molecule has 0 fully saturated rings. The molecule has 0 aliphatic carbocycles. The van der Waals surface area contributed by atoms with Gasteiger partial charge in [0.2, 0.25) is 5.91 Å². The quantitative estimate of drug-likeness (QED) is 0.343. The van der Waals surface area contributed by atoms with Gasteiger partial charge in [-0.15, -0.1) is 0 Å². The predicted octanol–water partition coefficient (Wildman–Crippen LogP) is 2.00. The van der Waals surface area contributed by atoms with Gasteiger partial charge in [0.25, 0.3) is 5.91 Å². The Morgan fingerprint density at radius 2 is 1.75 bits per heavy atom. The SMILES string of the molecule is COCCOC(=O)CCC(=O)NC(=S)Nc1ccccc1C(=O)NC(C)(C)C. The second-order valence-corrected chi connectivity index (χ2v) is 7.37. The highest BCUT2D eigenvalue weighted by atomic mass is 32.1. The van der Waals surface area contributed by atoms with Crippen molar-refractivity contribution in [1.29, 1.82) is 0 Å². The monoisotopic (exact) mass is 409 g/mol. The number of carbonyl (C=O) groups is 3.